The lowest BCUT2D eigenvalue weighted by Crippen LogP contribution is -2.55. The van der Waals surface area contributed by atoms with E-state index in [4.69, 9.17) is 10.6 Å². The van der Waals surface area contributed by atoms with Crippen molar-refractivity contribution in [2.75, 3.05) is 20.3 Å². The molecule has 1 saturated heterocycles. The number of ether oxygens (including phenoxy) is 1. The molecule has 2 aliphatic rings. The fourth-order valence-electron chi connectivity index (χ4n) is 3.57. The molecule has 0 bridgehead atoms. The van der Waals surface area contributed by atoms with Gasteiger partial charge in [-0.15, -0.1) is 0 Å². The zero-order valence-corrected chi connectivity index (χ0v) is 12.3. The average molecular weight is 268 g/mol. The highest BCUT2D eigenvalue weighted by Gasteiger charge is 2.34. The molecular weight excluding hydrogens is 240 g/mol. The number of methoxy groups -OCH3 is 1. The monoisotopic (exact) mass is 268 g/mol. The van der Waals surface area contributed by atoms with Crippen molar-refractivity contribution in [3.05, 3.63) is 0 Å². The number of nitrogens with one attached hydrogen (secondary N) is 1. The Morgan fingerprint density at radius 1 is 1.37 bits per heavy atom. The average Bonchev–Trinajstić information content (AvgIpc) is 2.44. The topological polar surface area (TPSA) is 62.9 Å². The predicted octanol–water partition coefficient (Wildman–Crippen LogP) is 1.50. The third-order valence-corrected chi connectivity index (χ3v) is 4.39. The van der Waals surface area contributed by atoms with Crippen LogP contribution in [0.4, 0.5) is 0 Å². The second-order valence-electron chi connectivity index (χ2n) is 5.85. The first-order valence-electron chi connectivity index (χ1n) is 7.56. The quantitative estimate of drug-likeness (QED) is 0.352. The van der Waals surface area contributed by atoms with E-state index in [1.807, 2.05) is 0 Å². The largest absolute Gasteiger partial charge is 0.382 e. The molecule has 110 valence electrons. The number of fused-ring (bicyclic) bond motifs is 1. The summed E-state index contributed by atoms with van der Waals surface area (Å²) in [5.74, 6) is 7.39. The maximum absolute atomic E-state index is 5.71. The summed E-state index contributed by atoms with van der Waals surface area (Å²) in [4.78, 5) is 7.08. The molecule has 2 rings (SSSR count). The Balaban J connectivity index is 2.07. The summed E-state index contributed by atoms with van der Waals surface area (Å²) in [5, 5.41) is 0. The lowest BCUT2D eigenvalue weighted by Gasteiger charge is -2.45. The smallest absolute Gasteiger partial charge is 0.209 e. The molecule has 3 N–H and O–H groups in total. The minimum Gasteiger partial charge on any atom is -0.382 e. The van der Waals surface area contributed by atoms with Crippen LogP contribution in [0.2, 0.25) is 0 Å². The highest BCUT2D eigenvalue weighted by molar-refractivity contribution is 5.80. The summed E-state index contributed by atoms with van der Waals surface area (Å²) >= 11 is 0. The Labute approximate surface area is 116 Å². The molecule has 0 aromatic heterocycles. The minimum absolute atomic E-state index is 0.139. The Bertz CT molecular complexity index is 306. The summed E-state index contributed by atoms with van der Waals surface area (Å²) in [7, 11) is 1.71. The van der Waals surface area contributed by atoms with Gasteiger partial charge in [-0.3, -0.25) is 5.43 Å². The number of guanidine groups is 1. The van der Waals surface area contributed by atoms with Gasteiger partial charge >= 0.3 is 0 Å². The van der Waals surface area contributed by atoms with Crippen molar-refractivity contribution in [3.8, 4) is 0 Å². The Hall–Kier alpha value is -0.810. The summed E-state index contributed by atoms with van der Waals surface area (Å²) in [6.07, 6.45) is 7.99. The Morgan fingerprint density at radius 2 is 2.11 bits per heavy atom. The van der Waals surface area contributed by atoms with Gasteiger partial charge in [0, 0.05) is 19.7 Å². The number of aliphatic imine (C=N–C) groups is 1. The summed E-state index contributed by atoms with van der Waals surface area (Å²) in [5.41, 5.74) is 2.81. The van der Waals surface area contributed by atoms with Crippen LogP contribution in [0.3, 0.4) is 0 Å². The number of likely N-dealkylation sites (tertiary alicyclic amines) is 1. The molecule has 2 fully saturated rings. The zero-order chi connectivity index (χ0) is 13.7. The van der Waals surface area contributed by atoms with E-state index in [0.717, 1.165) is 18.4 Å². The SMILES string of the molecule is COCC(C)N=C(NN)N1CCCC2CCCCC21. The number of hydrogen-bond acceptors (Lipinski definition) is 3. The van der Waals surface area contributed by atoms with Gasteiger partial charge in [0.15, 0.2) is 0 Å². The molecule has 1 heterocycles. The van der Waals surface area contributed by atoms with E-state index in [1.165, 1.54) is 38.5 Å². The van der Waals surface area contributed by atoms with E-state index < -0.39 is 0 Å². The van der Waals surface area contributed by atoms with E-state index >= 15 is 0 Å². The molecule has 0 aromatic carbocycles. The number of hydrogen-bond donors (Lipinski definition) is 2. The number of hydrazine groups is 1. The summed E-state index contributed by atoms with van der Waals surface area (Å²) in [6.45, 7) is 3.76. The first-order valence-corrected chi connectivity index (χ1v) is 7.56. The van der Waals surface area contributed by atoms with Crippen LogP contribution in [-0.4, -0.2) is 43.2 Å². The predicted molar refractivity (Wildman–Crippen MR) is 77.8 cm³/mol. The van der Waals surface area contributed by atoms with Crippen molar-refractivity contribution in [3.63, 3.8) is 0 Å². The van der Waals surface area contributed by atoms with Crippen LogP contribution in [0.1, 0.15) is 45.4 Å². The van der Waals surface area contributed by atoms with Gasteiger partial charge in [0.25, 0.3) is 0 Å². The maximum atomic E-state index is 5.71. The minimum atomic E-state index is 0.139. The van der Waals surface area contributed by atoms with Crippen molar-refractivity contribution < 1.29 is 4.74 Å². The molecule has 0 amide bonds. The van der Waals surface area contributed by atoms with Gasteiger partial charge in [0.2, 0.25) is 5.96 Å². The normalized spacial score (nSPS) is 29.8. The van der Waals surface area contributed by atoms with E-state index in [2.05, 4.69) is 22.2 Å². The van der Waals surface area contributed by atoms with Gasteiger partial charge in [-0.1, -0.05) is 12.8 Å². The highest BCUT2D eigenvalue weighted by atomic mass is 16.5. The second-order valence-corrected chi connectivity index (χ2v) is 5.85. The number of rotatable bonds is 3. The van der Waals surface area contributed by atoms with Gasteiger partial charge in [0.1, 0.15) is 0 Å². The molecule has 5 nitrogen and oxygen atoms in total. The molecule has 5 heteroatoms. The van der Waals surface area contributed by atoms with Crippen LogP contribution >= 0.6 is 0 Å². The van der Waals surface area contributed by atoms with Gasteiger partial charge in [-0.05, 0) is 38.5 Å². The molecule has 1 aliphatic carbocycles. The van der Waals surface area contributed by atoms with Gasteiger partial charge in [-0.2, -0.15) is 0 Å². The van der Waals surface area contributed by atoms with Crippen LogP contribution < -0.4 is 11.3 Å². The Kier molecular flexibility index (Phi) is 5.45. The van der Waals surface area contributed by atoms with Crippen molar-refractivity contribution in [1.82, 2.24) is 10.3 Å². The fraction of sp³-hybridized carbons (Fsp3) is 0.929. The van der Waals surface area contributed by atoms with Crippen molar-refractivity contribution in [1.29, 1.82) is 0 Å². The van der Waals surface area contributed by atoms with Crippen molar-refractivity contribution in [2.45, 2.75) is 57.5 Å². The zero-order valence-electron chi connectivity index (χ0n) is 12.3. The van der Waals surface area contributed by atoms with E-state index in [0.29, 0.717) is 12.6 Å². The number of nitrogens with zero attached hydrogens (tertiary/aromatic N) is 2. The molecule has 0 radical (unpaired) electrons. The summed E-state index contributed by atoms with van der Waals surface area (Å²) in [6, 6.07) is 0.770. The van der Waals surface area contributed by atoms with Gasteiger partial charge in [-0.25, -0.2) is 10.8 Å². The van der Waals surface area contributed by atoms with Gasteiger partial charge in [0.05, 0.1) is 12.6 Å². The van der Waals surface area contributed by atoms with Crippen LogP contribution in [0.15, 0.2) is 4.99 Å². The molecule has 3 atom stereocenters. The standard InChI is InChI=1S/C14H28N4O/c1-11(10-19-2)16-14(17-15)18-9-5-7-12-6-3-4-8-13(12)18/h11-13H,3-10,15H2,1-2H3,(H,16,17). The third kappa shape index (κ3) is 3.60. The van der Waals surface area contributed by atoms with Crippen molar-refractivity contribution >= 4 is 5.96 Å². The lowest BCUT2D eigenvalue weighted by atomic mass is 9.78. The highest BCUT2D eigenvalue weighted by Crippen LogP contribution is 2.35. The van der Waals surface area contributed by atoms with E-state index in [9.17, 15) is 0 Å². The molecule has 1 aliphatic heterocycles. The van der Waals surface area contributed by atoms with E-state index in [-0.39, 0.29) is 6.04 Å². The first kappa shape index (κ1) is 14.6. The van der Waals surface area contributed by atoms with Crippen LogP contribution in [0.25, 0.3) is 0 Å². The Morgan fingerprint density at radius 3 is 2.84 bits per heavy atom. The molecular formula is C14H28N4O. The van der Waals surface area contributed by atoms with Crippen LogP contribution in [0.5, 0.6) is 0 Å². The third-order valence-electron chi connectivity index (χ3n) is 4.39. The summed E-state index contributed by atoms with van der Waals surface area (Å²) < 4.78 is 5.15. The number of nitrogens with two attached hydrogens (primary N) is 1. The van der Waals surface area contributed by atoms with Crippen LogP contribution in [0, 0.1) is 5.92 Å². The molecule has 1 saturated carbocycles. The first-order chi connectivity index (χ1) is 9.26. The molecule has 19 heavy (non-hydrogen) atoms. The maximum Gasteiger partial charge on any atom is 0.209 e. The van der Waals surface area contributed by atoms with Gasteiger partial charge < -0.3 is 9.64 Å². The van der Waals surface area contributed by atoms with Crippen molar-refractivity contribution in [2.24, 2.45) is 16.8 Å². The molecule has 3 unspecified atom stereocenters. The van der Waals surface area contributed by atoms with E-state index in [1.54, 1.807) is 7.11 Å². The lowest BCUT2D eigenvalue weighted by molar-refractivity contribution is 0.114. The second kappa shape index (κ2) is 7.10. The fourth-order valence-corrected chi connectivity index (χ4v) is 3.57. The van der Waals surface area contributed by atoms with Crippen LogP contribution in [-0.2, 0) is 4.74 Å². The molecule has 0 spiro atoms. The molecule has 0 aromatic rings. The number of piperidine rings is 1.